The van der Waals surface area contributed by atoms with Crippen molar-refractivity contribution in [1.82, 2.24) is 9.97 Å². The summed E-state index contributed by atoms with van der Waals surface area (Å²) < 4.78 is 0. The Hall–Kier alpha value is -1.93. The van der Waals surface area contributed by atoms with E-state index >= 15 is 0 Å². The topological polar surface area (TPSA) is 92.2 Å². The van der Waals surface area contributed by atoms with Gasteiger partial charge in [0.1, 0.15) is 0 Å². The second-order valence-electron chi connectivity index (χ2n) is 3.80. The van der Waals surface area contributed by atoms with Crippen molar-refractivity contribution in [3.8, 4) is 0 Å². The maximum atomic E-state index is 10.9. The van der Waals surface area contributed by atoms with Crippen LogP contribution in [-0.4, -0.2) is 27.0 Å². The summed E-state index contributed by atoms with van der Waals surface area (Å²) in [7, 11) is 0. The summed E-state index contributed by atoms with van der Waals surface area (Å²) in [6.07, 6.45) is 1.33. The number of aromatic nitrogens is 2. The fourth-order valence-electron chi connectivity index (χ4n) is 1.32. The minimum absolute atomic E-state index is 0.149. The second-order valence-corrected chi connectivity index (χ2v) is 5.66. The van der Waals surface area contributed by atoms with Crippen molar-refractivity contribution < 1.29 is 14.7 Å². The van der Waals surface area contributed by atoms with E-state index in [1.165, 1.54) is 42.3 Å². The molecule has 8 heteroatoms. The number of carboxylic acids is 1. The minimum atomic E-state index is -0.992. The van der Waals surface area contributed by atoms with Gasteiger partial charge in [0.15, 0.2) is 5.13 Å². The Balaban J connectivity index is 1.93. The number of pyridine rings is 1. The second kappa shape index (κ2) is 6.49. The van der Waals surface area contributed by atoms with Crippen LogP contribution in [0.15, 0.2) is 28.7 Å². The summed E-state index contributed by atoms with van der Waals surface area (Å²) >= 11 is 2.82. The van der Waals surface area contributed by atoms with E-state index in [2.05, 4.69) is 15.3 Å². The number of hydrogen-bond donors (Lipinski definition) is 2. The lowest BCUT2D eigenvalue weighted by molar-refractivity contribution is -0.114. The third-order valence-corrected chi connectivity index (χ3v) is 3.97. The Labute approximate surface area is 123 Å². The van der Waals surface area contributed by atoms with Gasteiger partial charge in [-0.25, -0.2) is 14.8 Å². The number of rotatable bonds is 5. The van der Waals surface area contributed by atoms with Crippen molar-refractivity contribution in [2.45, 2.75) is 17.7 Å². The summed E-state index contributed by atoms with van der Waals surface area (Å²) in [5, 5.41) is 14.6. The van der Waals surface area contributed by atoms with Crippen LogP contribution in [0.5, 0.6) is 0 Å². The molecule has 2 aromatic rings. The van der Waals surface area contributed by atoms with Gasteiger partial charge >= 0.3 is 5.97 Å². The number of aromatic carboxylic acids is 1. The molecule has 1 amide bonds. The van der Waals surface area contributed by atoms with E-state index in [4.69, 9.17) is 5.11 Å². The van der Waals surface area contributed by atoms with Crippen LogP contribution in [0.3, 0.4) is 0 Å². The smallest absolute Gasteiger partial charge is 0.337 e. The molecule has 0 saturated heterocycles. The molecule has 6 nitrogen and oxygen atoms in total. The molecule has 0 aliphatic carbocycles. The van der Waals surface area contributed by atoms with Gasteiger partial charge in [-0.1, -0.05) is 0 Å². The lowest BCUT2D eigenvalue weighted by Gasteiger charge is -1.99. The maximum Gasteiger partial charge on any atom is 0.337 e. The van der Waals surface area contributed by atoms with Crippen molar-refractivity contribution in [2.24, 2.45) is 0 Å². The standard InChI is InChI=1S/C12H11N3O3S2/c1-7(16)14-12-15-9(6-20-12)5-19-10-3-2-8(4-13-10)11(17)18/h2-4,6H,5H2,1H3,(H,17,18)(H,14,15,16). The molecule has 0 unspecified atom stereocenters. The Kier molecular flexibility index (Phi) is 4.70. The molecule has 2 N–H and O–H groups in total. The molecular formula is C12H11N3O3S2. The number of carboxylic acid groups (broad SMARTS) is 1. The molecule has 0 aliphatic rings. The third kappa shape index (κ3) is 4.04. The Morgan fingerprint density at radius 1 is 1.45 bits per heavy atom. The quantitative estimate of drug-likeness (QED) is 0.824. The van der Waals surface area contributed by atoms with Crippen molar-refractivity contribution in [1.29, 1.82) is 0 Å². The Morgan fingerprint density at radius 2 is 2.25 bits per heavy atom. The zero-order valence-corrected chi connectivity index (χ0v) is 12.1. The SMILES string of the molecule is CC(=O)Nc1nc(CSc2ccc(C(=O)O)cn2)cs1. The molecule has 0 bridgehead atoms. The van der Waals surface area contributed by atoms with Gasteiger partial charge in [0.05, 0.1) is 16.3 Å². The zero-order valence-electron chi connectivity index (χ0n) is 10.5. The van der Waals surface area contributed by atoms with Gasteiger partial charge in [0.25, 0.3) is 0 Å². The number of nitrogens with one attached hydrogen (secondary N) is 1. The Bertz CT molecular complexity index is 625. The molecule has 0 saturated carbocycles. The number of anilines is 1. The van der Waals surface area contributed by atoms with Crippen LogP contribution < -0.4 is 5.32 Å². The summed E-state index contributed by atoms with van der Waals surface area (Å²) in [5.74, 6) is -0.534. The highest BCUT2D eigenvalue weighted by Gasteiger charge is 2.06. The first-order chi connectivity index (χ1) is 9.54. The van der Waals surface area contributed by atoms with Crippen LogP contribution in [0.1, 0.15) is 23.0 Å². The van der Waals surface area contributed by atoms with Gasteiger partial charge in [-0.15, -0.1) is 23.1 Å². The number of nitrogens with zero attached hydrogens (tertiary/aromatic N) is 2. The number of amides is 1. The number of thiazole rings is 1. The zero-order chi connectivity index (χ0) is 14.5. The summed E-state index contributed by atoms with van der Waals surface area (Å²) in [6.45, 7) is 1.43. The average molecular weight is 309 g/mol. The first-order valence-electron chi connectivity index (χ1n) is 5.59. The highest BCUT2D eigenvalue weighted by atomic mass is 32.2. The molecule has 20 heavy (non-hydrogen) atoms. The summed E-state index contributed by atoms with van der Waals surface area (Å²) in [4.78, 5) is 29.9. The fraction of sp³-hybridized carbons (Fsp3) is 0.167. The number of thioether (sulfide) groups is 1. The van der Waals surface area contributed by atoms with Gasteiger partial charge < -0.3 is 10.4 Å². The number of carbonyl (C=O) groups is 2. The van der Waals surface area contributed by atoms with Crippen LogP contribution in [-0.2, 0) is 10.5 Å². The summed E-state index contributed by atoms with van der Waals surface area (Å²) in [6, 6.07) is 3.18. The van der Waals surface area contributed by atoms with Gasteiger partial charge in [-0.05, 0) is 12.1 Å². The van der Waals surface area contributed by atoms with Crippen molar-refractivity contribution in [3.63, 3.8) is 0 Å². The number of carbonyl (C=O) groups excluding carboxylic acids is 1. The van der Waals surface area contributed by atoms with E-state index in [1.807, 2.05) is 5.38 Å². The van der Waals surface area contributed by atoms with E-state index in [1.54, 1.807) is 6.07 Å². The first kappa shape index (κ1) is 14.5. The molecule has 2 aromatic heterocycles. The monoisotopic (exact) mass is 309 g/mol. The van der Waals surface area contributed by atoms with Crippen LogP contribution in [0.25, 0.3) is 0 Å². The predicted octanol–water partition coefficient (Wildman–Crippen LogP) is 2.49. The van der Waals surface area contributed by atoms with Gasteiger partial charge in [-0.3, -0.25) is 4.79 Å². The molecule has 2 heterocycles. The normalized spacial score (nSPS) is 10.2. The highest BCUT2D eigenvalue weighted by Crippen LogP contribution is 2.23. The molecule has 0 aromatic carbocycles. The van der Waals surface area contributed by atoms with Crippen molar-refractivity contribution in [3.05, 3.63) is 35.0 Å². The molecule has 0 atom stereocenters. The number of hydrogen-bond acceptors (Lipinski definition) is 6. The predicted molar refractivity (Wildman–Crippen MR) is 77.2 cm³/mol. The lowest BCUT2D eigenvalue weighted by Crippen LogP contribution is -2.05. The van der Waals surface area contributed by atoms with Crippen LogP contribution >= 0.6 is 23.1 Å². The molecule has 0 fully saturated rings. The third-order valence-electron chi connectivity index (χ3n) is 2.19. The van der Waals surface area contributed by atoms with E-state index in [-0.39, 0.29) is 11.5 Å². The van der Waals surface area contributed by atoms with Gasteiger partial charge in [0, 0.05) is 24.3 Å². The molecular weight excluding hydrogens is 298 g/mol. The fourth-order valence-corrected chi connectivity index (χ4v) is 2.92. The van der Waals surface area contributed by atoms with Gasteiger partial charge in [-0.2, -0.15) is 0 Å². The van der Waals surface area contributed by atoms with Crippen LogP contribution in [0.4, 0.5) is 5.13 Å². The Morgan fingerprint density at radius 3 is 2.85 bits per heavy atom. The molecule has 104 valence electrons. The van der Waals surface area contributed by atoms with Crippen molar-refractivity contribution >= 4 is 40.1 Å². The summed E-state index contributed by atoms with van der Waals surface area (Å²) in [5.41, 5.74) is 1.00. The first-order valence-corrected chi connectivity index (χ1v) is 7.45. The molecule has 0 aliphatic heterocycles. The average Bonchev–Trinajstić information content (AvgIpc) is 2.83. The van der Waals surface area contributed by atoms with E-state index < -0.39 is 5.97 Å². The van der Waals surface area contributed by atoms with Gasteiger partial charge in [0.2, 0.25) is 5.91 Å². The van der Waals surface area contributed by atoms with E-state index in [0.717, 1.165) is 10.7 Å². The molecule has 0 radical (unpaired) electrons. The van der Waals surface area contributed by atoms with Crippen LogP contribution in [0, 0.1) is 0 Å². The highest BCUT2D eigenvalue weighted by molar-refractivity contribution is 7.98. The maximum absolute atomic E-state index is 10.9. The lowest BCUT2D eigenvalue weighted by atomic mass is 10.3. The molecule has 0 spiro atoms. The largest absolute Gasteiger partial charge is 0.478 e. The molecule has 2 rings (SSSR count). The minimum Gasteiger partial charge on any atom is -0.478 e. The van der Waals surface area contributed by atoms with Crippen molar-refractivity contribution in [2.75, 3.05) is 5.32 Å². The van der Waals surface area contributed by atoms with Crippen LogP contribution in [0.2, 0.25) is 0 Å². The van der Waals surface area contributed by atoms with E-state index in [0.29, 0.717) is 10.9 Å². The van der Waals surface area contributed by atoms with E-state index in [9.17, 15) is 9.59 Å².